The van der Waals surface area contributed by atoms with Crippen molar-refractivity contribution in [3.63, 3.8) is 0 Å². The SMILES string of the molecule is O=C(c1ccccc1)c1ccc2n1CC[C@@H]2C(=O)N1CCN(c2ccccc2Cl)CC1. The van der Waals surface area contributed by atoms with Crippen LogP contribution < -0.4 is 4.90 Å². The van der Waals surface area contributed by atoms with Gasteiger partial charge in [-0.25, -0.2) is 0 Å². The minimum Gasteiger partial charge on any atom is -0.367 e. The molecule has 3 aromatic rings. The van der Waals surface area contributed by atoms with Gasteiger partial charge in [0.15, 0.2) is 0 Å². The Morgan fingerprint density at radius 2 is 1.52 bits per heavy atom. The van der Waals surface area contributed by atoms with Gasteiger partial charge in [0.1, 0.15) is 0 Å². The molecule has 3 heterocycles. The number of anilines is 1. The highest BCUT2D eigenvalue weighted by Crippen LogP contribution is 2.34. The van der Waals surface area contributed by atoms with Crippen molar-refractivity contribution in [2.75, 3.05) is 31.1 Å². The Balaban J connectivity index is 1.28. The van der Waals surface area contributed by atoms with Crippen molar-refractivity contribution in [1.82, 2.24) is 9.47 Å². The molecule has 2 aliphatic heterocycles. The summed E-state index contributed by atoms with van der Waals surface area (Å²) in [6, 6.07) is 21.0. The molecule has 1 saturated heterocycles. The van der Waals surface area contributed by atoms with E-state index in [9.17, 15) is 9.59 Å². The lowest BCUT2D eigenvalue weighted by Crippen LogP contribution is -2.50. The van der Waals surface area contributed by atoms with Gasteiger partial charge in [0.2, 0.25) is 11.7 Å². The number of carbonyl (C=O) groups is 2. The molecule has 6 heteroatoms. The second kappa shape index (κ2) is 8.23. The highest BCUT2D eigenvalue weighted by molar-refractivity contribution is 6.33. The molecular weight excluding hydrogens is 410 g/mol. The van der Waals surface area contributed by atoms with Crippen LogP contribution in [0.5, 0.6) is 0 Å². The molecular formula is C25H24ClN3O2. The fraction of sp³-hybridized carbons (Fsp3) is 0.280. The van der Waals surface area contributed by atoms with Gasteiger partial charge in [-0.1, -0.05) is 54.1 Å². The summed E-state index contributed by atoms with van der Waals surface area (Å²) in [5.41, 5.74) is 3.32. The fourth-order valence-corrected chi connectivity index (χ4v) is 4.98. The molecule has 31 heavy (non-hydrogen) atoms. The predicted octanol–water partition coefficient (Wildman–Crippen LogP) is 4.21. The van der Waals surface area contributed by atoms with E-state index in [1.807, 2.05) is 76.2 Å². The molecule has 1 atom stereocenters. The molecule has 0 bridgehead atoms. The van der Waals surface area contributed by atoms with E-state index in [4.69, 9.17) is 11.6 Å². The van der Waals surface area contributed by atoms with Crippen molar-refractivity contribution in [1.29, 1.82) is 0 Å². The molecule has 0 aliphatic carbocycles. The number of fused-ring (bicyclic) bond motifs is 1. The summed E-state index contributed by atoms with van der Waals surface area (Å²) in [5.74, 6) is -0.00754. The van der Waals surface area contributed by atoms with E-state index in [0.717, 1.165) is 35.9 Å². The highest BCUT2D eigenvalue weighted by Gasteiger charge is 2.35. The van der Waals surface area contributed by atoms with Gasteiger partial charge in [-0.2, -0.15) is 0 Å². The second-order valence-corrected chi connectivity index (χ2v) is 8.50. The Morgan fingerprint density at radius 3 is 2.26 bits per heavy atom. The van der Waals surface area contributed by atoms with Crippen molar-refractivity contribution in [2.45, 2.75) is 18.9 Å². The minimum atomic E-state index is -0.177. The molecule has 1 aromatic heterocycles. The molecule has 0 unspecified atom stereocenters. The van der Waals surface area contributed by atoms with Crippen LogP contribution in [0, 0.1) is 0 Å². The highest BCUT2D eigenvalue weighted by atomic mass is 35.5. The number of nitrogens with zero attached hydrogens (tertiary/aromatic N) is 3. The average molecular weight is 434 g/mol. The van der Waals surface area contributed by atoms with Crippen molar-refractivity contribution in [3.8, 4) is 0 Å². The first-order valence-corrected chi connectivity index (χ1v) is 11.1. The predicted molar refractivity (Wildman–Crippen MR) is 122 cm³/mol. The van der Waals surface area contributed by atoms with E-state index >= 15 is 0 Å². The van der Waals surface area contributed by atoms with Crippen LogP contribution >= 0.6 is 11.6 Å². The smallest absolute Gasteiger partial charge is 0.231 e. The Morgan fingerprint density at radius 1 is 0.806 bits per heavy atom. The number of ketones is 1. The van der Waals surface area contributed by atoms with Gasteiger partial charge in [-0.05, 0) is 30.7 Å². The first kappa shape index (κ1) is 19.9. The summed E-state index contributed by atoms with van der Waals surface area (Å²) in [6.07, 6.45) is 0.745. The Hall–Kier alpha value is -3.05. The zero-order valence-corrected chi connectivity index (χ0v) is 18.0. The third-order valence-corrected chi connectivity index (χ3v) is 6.68. The quantitative estimate of drug-likeness (QED) is 0.579. The number of para-hydroxylation sites is 1. The van der Waals surface area contributed by atoms with Crippen LogP contribution in [0.2, 0.25) is 5.02 Å². The van der Waals surface area contributed by atoms with E-state index in [0.29, 0.717) is 30.9 Å². The fourth-order valence-electron chi connectivity index (χ4n) is 4.73. The summed E-state index contributed by atoms with van der Waals surface area (Å²) in [4.78, 5) is 30.4. The zero-order valence-electron chi connectivity index (χ0n) is 17.2. The lowest BCUT2D eigenvalue weighted by atomic mass is 10.0. The van der Waals surface area contributed by atoms with Crippen LogP contribution in [0.4, 0.5) is 5.69 Å². The van der Waals surface area contributed by atoms with E-state index in [2.05, 4.69) is 4.90 Å². The first-order valence-electron chi connectivity index (χ1n) is 10.7. The van der Waals surface area contributed by atoms with Crippen molar-refractivity contribution in [3.05, 3.63) is 88.7 Å². The number of benzene rings is 2. The van der Waals surface area contributed by atoms with Gasteiger partial charge < -0.3 is 14.4 Å². The Bertz CT molecular complexity index is 1120. The molecule has 1 fully saturated rings. The minimum absolute atomic E-state index is 0.00769. The summed E-state index contributed by atoms with van der Waals surface area (Å²) < 4.78 is 2.03. The number of piperazine rings is 1. The number of amides is 1. The van der Waals surface area contributed by atoms with E-state index < -0.39 is 0 Å². The average Bonchev–Trinajstić information content (AvgIpc) is 3.42. The van der Waals surface area contributed by atoms with Gasteiger partial charge in [0.25, 0.3) is 0 Å². The molecule has 0 spiro atoms. The van der Waals surface area contributed by atoms with Crippen LogP contribution in [-0.2, 0) is 11.3 Å². The van der Waals surface area contributed by atoms with Crippen LogP contribution in [0.3, 0.4) is 0 Å². The van der Waals surface area contributed by atoms with Gasteiger partial charge in [0.05, 0.1) is 22.3 Å². The molecule has 5 nitrogen and oxygen atoms in total. The standard InChI is InChI=1S/C25H24ClN3O2/c26-20-8-4-5-9-22(20)27-14-16-28(17-15-27)25(31)19-12-13-29-21(19)10-11-23(29)24(30)18-6-2-1-3-7-18/h1-11,19H,12-17H2/t19-/m0/s1. The van der Waals surface area contributed by atoms with Crippen LogP contribution in [-0.4, -0.2) is 47.3 Å². The number of aromatic nitrogens is 1. The normalized spacial score (nSPS) is 18.2. The molecule has 5 rings (SSSR count). The van der Waals surface area contributed by atoms with E-state index in [1.165, 1.54) is 0 Å². The maximum Gasteiger partial charge on any atom is 0.231 e. The van der Waals surface area contributed by atoms with Crippen LogP contribution in [0.1, 0.15) is 34.1 Å². The third-order valence-electron chi connectivity index (χ3n) is 6.36. The third kappa shape index (κ3) is 3.63. The van der Waals surface area contributed by atoms with E-state index in [1.54, 1.807) is 0 Å². The van der Waals surface area contributed by atoms with Crippen LogP contribution in [0.25, 0.3) is 0 Å². The molecule has 0 radical (unpaired) electrons. The summed E-state index contributed by atoms with van der Waals surface area (Å²) in [5, 5.41) is 0.742. The summed E-state index contributed by atoms with van der Waals surface area (Å²) in [6.45, 7) is 3.59. The zero-order chi connectivity index (χ0) is 21.4. The van der Waals surface area contributed by atoms with Crippen LogP contribution in [0.15, 0.2) is 66.7 Å². The second-order valence-electron chi connectivity index (χ2n) is 8.10. The summed E-state index contributed by atoms with van der Waals surface area (Å²) >= 11 is 6.34. The molecule has 0 N–H and O–H groups in total. The number of halogens is 1. The summed E-state index contributed by atoms with van der Waals surface area (Å²) in [7, 11) is 0. The maximum absolute atomic E-state index is 13.3. The first-order chi connectivity index (χ1) is 15.1. The largest absolute Gasteiger partial charge is 0.367 e. The van der Waals surface area contributed by atoms with Gasteiger partial charge in [0, 0.05) is 44.0 Å². The number of hydrogen-bond donors (Lipinski definition) is 0. The molecule has 2 aromatic carbocycles. The lowest BCUT2D eigenvalue weighted by molar-refractivity contribution is -0.133. The van der Waals surface area contributed by atoms with Crippen molar-refractivity contribution < 1.29 is 9.59 Å². The molecule has 1 amide bonds. The maximum atomic E-state index is 13.3. The van der Waals surface area contributed by atoms with Gasteiger partial charge >= 0.3 is 0 Å². The van der Waals surface area contributed by atoms with E-state index in [-0.39, 0.29) is 17.6 Å². The monoisotopic (exact) mass is 433 g/mol. The topological polar surface area (TPSA) is 45.6 Å². The Labute approximate surface area is 186 Å². The number of hydrogen-bond acceptors (Lipinski definition) is 3. The molecule has 0 saturated carbocycles. The molecule has 2 aliphatic rings. The number of rotatable bonds is 4. The number of carbonyl (C=O) groups excluding carboxylic acids is 2. The van der Waals surface area contributed by atoms with Gasteiger partial charge in [-0.15, -0.1) is 0 Å². The van der Waals surface area contributed by atoms with Gasteiger partial charge in [-0.3, -0.25) is 9.59 Å². The van der Waals surface area contributed by atoms with Crippen molar-refractivity contribution >= 4 is 29.0 Å². The molecule has 158 valence electrons. The van der Waals surface area contributed by atoms with Crippen molar-refractivity contribution in [2.24, 2.45) is 0 Å². The lowest BCUT2D eigenvalue weighted by Gasteiger charge is -2.37. The Kier molecular flexibility index (Phi) is 5.28.